The molecule has 1 unspecified atom stereocenters. The van der Waals surface area contributed by atoms with E-state index in [1.54, 1.807) is 19.1 Å². The third-order valence-electron chi connectivity index (χ3n) is 2.72. The molecule has 2 aromatic rings. The number of carbonyl (C=O) groups excluding carboxylic acids is 1. The summed E-state index contributed by atoms with van der Waals surface area (Å²) >= 11 is 0. The highest BCUT2D eigenvalue weighted by Crippen LogP contribution is 2.28. The van der Waals surface area contributed by atoms with Crippen molar-refractivity contribution in [2.45, 2.75) is 13.0 Å². The van der Waals surface area contributed by atoms with Gasteiger partial charge in [-0.25, -0.2) is 8.78 Å². The van der Waals surface area contributed by atoms with Crippen molar-refractivity contribution in [3.63, 3.8) is 0 Å². The lowest BCUT2D eigenvalue weighted by Gasteiger charge is -2.16. The molecule has 2 nitrogen and oxygen atoms in total. The second kappa shape index (κ2) is 5.61. The lowest BCUT2D eigenvalue weighted by Crippen LogP contribution is -2.06. The Balaban J connectivity index is 2.27. The summed E-state index contributed by atoms with van der Waals surface area (Å²) in [6.45, 7) is 1.70. The first-order valence-electron chi connectivity index (χ1n) is 5.77. The number of benzene rings is 2. The largest absolute Gasteiger partial charge is 0.480 e. The zero-order valence-corrected chi connectivity index (χ0v) is 10.3. The number of hydrogen-bond donors (Lipinski definition) is 0. The van der Waals surface area contributed by atoms with Crippen LogP contribution in [0.2, 0.25) is 0 Å². The van der Waals surface area contributed by atoms with E-state index in [0.29, 0.717) is 6.29 Å². The van der Waals surface area contributed by atoms with Gasteiger partial charge in [-0.15, -0.1) is 0 Å². The van der Waals surface area contributed by atoms with Gasteiger partial charge in [0.05, 0.1) is 0 Å². The molecule has 19 heavy (non-hydrogen) atoms. The third kappa shape index (κ3) is 2.96. The zero-order valence-electron chi connectivity index (χ0n) is 10.3. The predicted octanol–water partition coefficient (Wildman–Crippen LogP) is 3.92. The van der Waals surface area contributed by atoms with E-state index in [2.05, 4.69) is 0 Å². The lowest BCUT2D eigenvalue weighted by atomic mass is 10.1. The molecule has 0 bridgehead atoms. The maximum Gasteiger partial charge on any atom is 0.191 e. The Hall–Kier alpha value is -2.23. The molecule has 0 radical (unpaired) electrons. The maximum absolute atomic E-state index is 13.7. The molecule has 0 saturated heterocycles. The van der Waals surface area contributed by atoms with Crippen molar-refractivity contribution >= 4 is 6.29 Å². The number of ether oxygens (including phenoxy) is 1. The number of carbonyl (C=O) groups is 1. The monoisotopic (exact) mass is 262 g/mol. The van der Waals surface area contributed by atoms with Crippen LogP contribution in [0.4, 0.5) is 8.78 Å². The van der Waals surface area contributed by atoms with Gasteiger partial charge in [0.15, 0.2) is 17.4 Å². The average molecular weight is 262 g/mol. The average Bonchev–Trinajstić information content (AvgIpc) is 2.43. The lowest BCUT2D eigenvalue weighted by molar-refractivity contribution is 0.112. The standard InChI is InChI=1S/C15H12F2O2/c1-10(12-5-3-2-4-6-12)19-15-13(16)7-11(9-18)8-14(15)17/h2-10H,1H3. The molecule has 2 aromatic carbocycles. The minimum Gasteiger partial charge on any atom is -0.480 e. The molecule has 0 N–H and O–H groups in total. The van der Waals surface area contributed by atoms with Crippen LogP contribution in [0, 0.1) is 11.6 Å². The van der Waals surface area contributed by atoms with Crippen molar-refractivity contribution in [1.82, 2.24) is 0 Å². The van der Waals surface area contributed by atoms with Gasteiger partial charge in [-0.2, -0.15) is 0 Å². The zero-order chi connectivity index (χ0) is 13.8. The summed E-state index contributed by atoms with van der Waals surface area (Å²) in [5, 5.41) is 0. The summed E-state index contributed by atoms with van der Waals surface area (Å²) in [5.41, 5.74) is 0.746. The highest BCUT2D eigenvalue weighted by Gasteiger charge is 2.16. The Kier molecular flexibility index (Phi) is 3.90. The van der Waals surface area contributed by atoms with Gasteiger partial charge < -0.3 is 4.74 Å². The SMILES string of the molecule is CC(Oc1c(F)cc(C=O)cc1F)c1ccccc1. The van der Waals surface area contributed by atoms with Crippen LogP contribution in [0.3, 0.4) is 0 Å². The molecule has 0 aliphatic rings. The van der Waals surface area contributed by atoms with Crippen molar-refractivity contribution in [3.8, 4) is 5.75 Å². The van der Waals surface area contributed by atoms with Gasteiger partial charge in [0.25, 0.3) is 0 Å². The smallest absolute Gasteiger partial charge is 0.191 e. The van der Waals surface area contributed by atoms with Crippen LogP contribution in [0.25, 0.3) is 0 Å². The minimum atomic E-state index is -0.884. The summed E-state index contributed by atoms with van der Waals surface area (Å²) in [6, 6.07) is 11.0. The van der Waals surface area contributed by atoms with Crippen LogP contribution in [0.1, 0.15) is 28.9 Å². The molecule has 0 saturated carbocycles. The Morgan fingerprint density at radius 1 is 1.11 bits per heavy atom. The fraction of sp³-hybridized carbons (Fsp3) is 0.133. The Morgan fingerprint density at radius 2 is 1.68 bits per heavy atom. The van der Waals surface area contributed by atoms with Crippen molar-refractivity contribution in [2.24, 2.45) is 0 Å². The fourth-order valence-corrected chi connectivity index (χ4v) is 1.73. The van der Waals surface area contributed by atoms with E-state index >= 15 is 0 Å². The van der Waals surface area contributed by atoms with Crippen LogP contribution in [0.5, 0.6) is 5.75 Å². The molecule has 0 aliphatic heterocycles. The fourth-order valence-electron chi connectivity index (χ4n) is 1.73. The summed E-state index contributed by atoms with van der Waals surface area (Å²) in [5.74, 6) is -2.24. The number of halogens is 2. The van der Waals surface area contributed by atoms with Gasteiger partial charge in [-0.3, -0.25) is 4.79 Å². The van der Waals surface area contributed by atoms with E-state index in [0.717, 1.165) is 17.7 Å². The third-order valence-corrected chi connectivity index (χ3v) is 2.72. The van der Waals surface area contributed by atoms with Crippen molar-refractivity contribution < 1.29 is 18.3 Å². The van der Waals surface area contributed by atoms with Gasteiger partial charge in [-0.1, -0.05) is 30.3 Å². The highest BCUT2D eigenvalue weighted by molar-refractivity contribution is 5.75. The summed E-state index contributed by atoms with van der Waals surface area (Å²) in [4.78, 5) is 10.5. The summed E-state index contributed by atoms with van der Waals surface area (Å²) < 4.78 is 32.6. The molecule has 2 rings (SSSR count). The van der Waals surface area contributed by atoms with Crippen molar-refractivity contribution in [2.75, 3.05) is 0 Å². The van der Waals surface area contributed by atoms with Crippen LogP contribution in [-0.2, 0) is 0 Å². The maximum atomic E-state index is 13.7. The topological polar surface area (TPSA) is 26.3 Å². The van der Waals surface area contributed by atoms with Crippen LogP contribution < -0.4 is 4.74 Å². The van der Waals surface area contributed by atoms with E-state index in [-0.39, 0.29) is 5.56 Å². The van der Waals surface area contributed by atoms with Crippen LogP contribution >= 0.6 is 0 Å². The molecule has 1 atom stereocenters. The van der Waals surface area contributed by atoms with Gasteiger partial charge in [0.2, 0.25) is 0 Å². The first-order valence-corrected chi connectivity index (χ1v) is 5.77. The molecule has 0 fully saturated rings. The summed E-state index contributed by atoms with van der Waals surface area (Å²) in [7, 11) is 0. The van der Waals surface area contributed by atoms with Crippen LogP contribution in [-0.4, -0.2) is 6.29 Å². The second-order valence-electron chi connectivity index (χ2n) is 4.10. The van der Waals surface area contributed by atoms with E-state index in [4.69, 9.17) is 4.74 Å². The van der Waals surface area contributed by atoms with E-state index in [9.17, 15) is 13.6 Å². The molecule has 0 spiro atoms. The van der Waals surface area contributed by atoms with Gasteiger partial charge in [0, 0.05) is 5.56 Å². The Morgan fingerprint density at radius 3 is 2.21 bits per heavy atom. The van der Waals surface area contributed by atoms with Crippen molar-refractivity contribution in [3.05, 3.63) is 65.2 Å². The molecule has 0 heterocycles. The van der Waals surface area contributed by atoms with E-state index in [1.165, 1.54) is 0 Å². The molecular weight excluding hydrogens is 250 g/mol. The van der Waals surface area contributed by atoms with E-state index in [1.807, 2.05) is 18.2 Å². The van der Waals surface area contributed by atoms with Crippen molar-refractivity contribution in [1.29, 1.82) is 0 Å². The van der Waals surface area contributed by atoms with Gasteiger partial charge in [0.1, 0.15) is 12.4 Å². The predicted molar refractivity (Wildman–Crippen MR) is 67.2 cm³/mol. The molecule has 0 aliphatic carbocycles. The minimum absolute atomic E-state index is 0.0604. The first kappa shape index (κ1) is 13.2. The summed E-state index contributed by atoms with van der Waals surface area (Å²) in [6.07, 6.45) is -0.108. The molecule has 0 amide bonds. The highest BCUT2D eigenvalue weighted by atomic mass is 19.1. The number of aldehydes is 1. The van der Waals surface area contributed by atoms with Gasteiger partial charge in [-0.05, 0) is 24.6 Å². The Bertz CT molecular complexity index is 559. The quantitative estimate of drug-likeness (QED) is 0.781. The molecule has 98 valence electrons. The molecular formula is C15H12F2O2. The van der Waals surface area contributed by atoms with Gasteiger partial charge >= 0.3 is 0 Å². The number of rotatable bonds is 4. The first-order chi connectivity index (χ1) is 9.11. The second-order valence-corrected chi connectivity index (χ2v) is 4.10. The molecule has 0 aromatic heterocycles. The Labute approximate surface area is 109 Å². The number of hydrogen-bond acceptors (Lipinski definition) is 2. The van der Waals surface area contributed by atoms with Crippen LogP contribution in [0.15, 0.2) is 42.5 Å². The molecule has 4 heteroatoms. The van der Waals surface area contributed by atoms with E-state index < -0.39 is 23.5 Å². The normalized spacial score (nSPS) is 11.9.